The van der Waals surface area contributed by atoms with Gasteiger partial charge in [-0.05, 0) is 43.9 Å². The summed E-state index contributed by atoms with van der Waals surface area (Å²) in [5.41, 5.74) is 3.50. The van der Waals surface area contributed by atoms with Gasteiger partial charge in [0.2, 0.25) is 0 Å². The maximum absolute atomic E-state index is 13.1. The van der Waals surface area contributed by atoms with Crippen LogP contribution in [-0.4, -0.2) is 58.1 Å². The fourth-order valence-electron chi connectivity index (χ4n) is 5.40. The Kier molecular flexibility index (Phi) is 11.5. The van der Waals surface area contributed by atoms with E-state index in [4.69, 9.17) is 9.47 Å². The second-order valence-electron chi connectivity index (χ2n) is 10.3. The fourth-order valence-corrected chi connectivity index (χ4v) is 6.42. The van der Waals surface area contributed by atoms with Gasteiger partial charge >= 0.3 is 12.2 Å². The Morgan fingerprint density at radius 3 is 1.54 bits per heavy atom. The molecule has 0 aromatic carbocycles. The van der Waals surface area contributed by atoms with Crippen LogP contribution in [0.15, 0.2) is 23.4 Å². The maximum Gasteiger partial charge on any atom is 0.410 e. The Hall–Kier alpha value is -2.20. The van der Waals surface area contributed by atoms with Crippen LogP contribution in [-0.2, 0) is 22.7 Å². The van der Waals surface area contributed by atoms with Crippen LogP contribution in [0.5, 0.6) is 0 Å². The van der Waals surface area contributed by atoms with Gasteiger partial charge in [0.1, 0.15) is 13.2 Å². The lowest BCUT2D eigenvalue weighted by Gasteiger charge is -2.31. The summed E-state index contributed by atoms with van der Waals surface area (Å²) in [5.74, 6) is 1.04. The summed E-state index contributed by atoms with van der Waals surface area (Å²) in [6.07, 6.45) is 15.8. The van der Waals surface area contributed by atoms with Crippen LogP contribution in [0, 0.1) is 11.8 Å². The van der Waals surface area contributed by atoms with Crippen molar-refractivity contribution >= 4 is 34.9 Å². The first-order valence-electron chi connectivity index (χ1n) is 13.8. The van der Waals surface area contributed by atoms with Crippen molar-refractivity contribution < 1.29 is 19.1 Å². The normalized spacial score (nSPS) is 16.9. The summed E-state index contributed by atoms with van der Waals surface area (Å²) < 4.78 is 11.3. The molecule has 2 saturated carbocycles. The molecule has 0 bridgehead atoms. The number of carbonyl (C=O) groups excluding carboxylic acids is 2. The third-order valence-corrected chi connectivity index (χ3v) is 8.93. The average molecular weight is 549 g/mol. The predicted octanol–water partition coefficient (Wildman–Crippen LogP) is 6.73. The Morgan fingerprint density at radius 2 is 1.16 bits per heavy atom. The maximum atomic E-state index is 13.1. The molecule has 2 aliphatic carbocycles. The van der Waals surface area contributed by atoms with E-state index in [-0.39, 0.29) is 25.4 Å². The zero-order valence-electron chi connectivity index (χ0n) is 21.7. The van der Waals surface area contributed by atoms with Crippen molar-refractivity contribution in [3.63, 3.8) is 0 Å². The van der Waals surface area contributed by atoms with Crippen molar-refractivity contribution in [1.82, 2.24) is 19.8 Å². The summed E-state index contributed by atoms with van der Waals surface area (Å²) in [5, 5.41) is 0. The van der Waals surface area contributed by atoms with Crippen LogP contribution in [0.4, 0.5) is 9.59 Å². The summed E-state index contributed by atoms with van der Waals surface area (Å²) >= 11 is 2.98. The molecule has 0 spiro atoms. The molecule has 204 valence electrons. The van der Waals surface area contributed by atoms with E-state index in [9.17, 15) is 9.59 Å². The van der Waals surface area contributed by atoms with Crippen molar-refractivity contribution in [2.75, 3.05) is 26.2 Å². The highest BCUT2D eigenvalue weighted by Gasteiger charge is 2.25. The number of nitrogens with zero attached hydrogens (tertiary/aromatic N) is 4. The highest BCUT2D eigenvalue weighted by molar-refractivity contribution is 7.09. The summed E-state index contributed by atoms with van der Waals surface area (Å²) in [4.78, 5) is 39.8. The lowest BCUT2D eigenvalue weighted by Crippen LogP contribution is -2.41. The number of ether oxygens (including phenoxy) is 2. The second-order valence-corrected chi connectivity index (χ2v) is 12.2. The van der Waals surface area contributed by atoms with Gasteiger partial charge in [0.25, 0.3) is 0 Å². The molecule has 2 heterocycles. The van der Waals surface area contributed by atoms with E-state index in [0.29, 0.717) is 31.3 Å². The van der Waals surface area contributed by atoms with Crippen LogP contribution in [0.1, 0.15) is 80.4 Å². The van der Waals surface area contributed by atoms with Gasteiger partial charge in [-0.15, -0.1) is 22.7 Å². The number of carbonyl (C=O) groups is 2. The van der Waals surface area contributed by atoms with Crippen LogP contribution < -0.4 is 0 Å². The van der Waals surface area contributed by atoms with Gasteiger partial charge < -0.3 is 19.3 Å². The first kappa shape index (κ1) is 27.8. The lowest BCUT2D eigenvalue weighted by molar-refractivity contribution is 0.0776. The molecule has 0 atom stereocenters. The Labute approximate surface area is 228 Å². The zero-order valence-corrected chi connectivity index (χ0v) is 23.4. The number of amides is 2. The lowest BCUT2D eigenvalue weighted by atomic mass is 9.89. The number of thiazole rings is 2. The molecule has 0 N–H and O–H groups in total. The van der Waals surface area contributed by atoms with E-state index in [2.05, 4.69) is 9.97 Å². The van der Waals surface area contributed by atoms with Crippen molar-refractivity contribution in [2.24, 2.45) is 11.8 Å². The van der Waals surface area contributed by atoms with Crippen LogP contribution in [0.25, 0.3) is 0 Å². The molecule has 8 nitrogen and oxygen atoms in total. The molecule has 0 aliphatic heterocycles. The van der Waals surface area contributed by atoms with Crippen LogP contribution in [0.3, 0.4) is 0 Å². The van der Waals surface area contributed by atoms with E-state index < -0.39 is 0 Å². The van der Waals surface area contributed by atoms with E-state index in [0.717, 1.165) is 48.5 Å². The van der Waals surface area contributed by atoms with Gasteiger partial charge in [0.15, 0.2) is 0 Å². The molecule has 2 amide bonds. The van der Waals surface area contributed by atoms with E-state index in [1.807, 2.05) is 9.80 Å². The van der Waals surface area contributed by atoms with Crippen molar-refractivity contribution in [2.45, 2.75) is 83.8 Å². The number of hydrogen-bond acceptors (Lipinski definition) is 8. The molecule has 2 aliphatic rings. The molecule has 4 rings (SSSR count). The molecule has 2 aromatic rings. The molecular formula is C27H40N4O4S2. The van der Waals surface area contributed by atoms with E-state index in [1.165, 1.54) is 61.2 Å². The minimum absolute atomic E-state index is 0.252. The second kappa shape index (κ2) is 15.3. The highest BCUT2D eigenvalue weighted by atomic mass is 32.1. The third-order valence-electron chi connectivity index (χ3n) is 7.42. The van der Waals surface area contributed by atoms with Gasteiger partial charge in [-0.1, -0.05) is 38.5 Å². The summed E-state index contributed by atoms with van der Waals surface area (Å²) in [6.45, 7) is 3.09. The van der Waals surface area contributed by atoms with Crippen LogP contribution in [0.2, 0.25) is 0 Å². The summed E-state index contributed by atoms with van der Waals surface area (Å²) in [6, 6.07) is 0. The first-order valence-corrected chi connectivity index (χ1v) is 15.5. The summed E-state index contributed by atoms with van der Waals surface area (Å²) in [7, 11) is 0. The molecule has 37 heavy (non-hydrogen) atoms. The molecule has 10 heteroatoms. The predicted molar refractivity (Wildman–Crippen MR) is 146 cm³/mol. The zero-order chi connectivity index (χ0) is 25.7. The molecule has 2 aromatic heterocycles. The number of rotatable bonds is 12. The highest BCUT2D eigenvalue weighted by Crippen LogP contribution is 2.26. The van der Waals surface area contributed by atoms with Crippen molar-refractivity contribution in [1.29, 1.82) is 0 Å². The molecule has 0 radical (unpaired) electrons. The van der Waals surface area contributed by atoms with Gasteiger partial charge in [-0.25, -0.2) is 9.59 Å². The Bertz CT molecular complexity index is 839. The van der Waals surface area contributed by atoms with Crippen molar-refractivity contribution in [3.8, 4) is 0 Å². The third kappa shape index (κ3) is 9.56. The molecule has 2 fully saturated rings. The average Bonchev–Trinajstić information content (AvgIpc) is 3.65. The minimum atomic E-state index is -0.273. The smallest absolute Gasteiger partial charge is 0.410 e. The van der Waals surface area contributed by atoms with E-state index in [1.54, 1.807) is 23.4 Å². The van der Waals surface area contributed by atoms with E-state index >= 15 is 0 Å². The SMILES string of the molecule is O=C(OCc1cncs1)N(CCCN(CC1CCCCC1)C(=O)OCc1cncs1)CC1CCCCC1. The van der Waals surface area contributed by atoms with Gasteiger partial charge in [-0.3, -0.25) is 9.97 Å². The minimum Gasteiger partial charge on any atom is -0.444 e. The molecular weight excluding hydrogens is 508 g/mol. The number of aromatic nitrogens is 2. The standard InChI is InChI=1S/C27H40N4O4S2/c32-26(34-18-24-14-28-20-36-24)30(16-22-8-3-1-4-9-22)12-7-13-31(17-23-10-5-2-6-11-23)27(33)35-19-25-15-29-21-37-25/h14-15,20-23H,1-13,16-19H2. The van der Waals surface area contributed by atoms with Gasteiger partial charge in [0.05, 0.1) is 20.8 Å². The van der Waals surface area contributed by atoms with Gasteiger partial charge in [-0.2, -0.15) is 0 Å². The number of hydrogen-bond donors (Lipinski definition) is 0. The fraction of sp³-hybridized carbons (Fsp3) is 0.704. The monoisotopic (exact) mass is 548 g/mol. The molecule has 0 unspecified atom stereocenters. The Morgan fingerprint density at radius 1 is 0.730 bits per heavy atom. The largest absolute Gasteiger partial charge is 0.444 e. The van der Waals surface area contributed by atoms with Crippen molar-refractivity contribution in [3.05, 3.63) is 33.2 Å². The Balaban J connectivity index is 1.32. The quantitative estimate of drug-likeness (QED) is 0.292. The van der Waals surface area contributed by atoms with Crippen LogP contribution >= 0.6 is 22.7 Å². The topological polar surface area (TPSA) is 84.9 Å². The van der Waals surface area contributed by atoms with Gasteiger partial charge in [0, 0.05) is 38.6 Å². The molecule has 0 saturated heterocycles. The first-order chi connectivity index (χ1) is 18.2.